The van der Waals surface area contributed by atoms with Crippen LogP contribution in [-0.2, 0) is 35.1 Å². The average Bonchev–Trinajstić information content (AvgIpc) is 3.89. The average molecular weight is 859 g/mol. The number of ether oxygens (including phenoxy) is 2. The summed E-state index contributed by atoms with van der Waals surface area (Å²) in [6.07, 6.45) is 8.18. The molecule has 0 bridgehead atoms. The molecule has 61 heavy (non-hydrogen) atoms. The number of carbonyl (C=O) groups excluding carboxylic acids is 4. The summed E-state index contributed by atoms with van der Waals surface area (Å²) in [5.74, 6) is 0.678. The Labute approximate surface area is 367 Å². The lowest BCUT2D eigenvalue weighted by Crippen LogP contribution is -2.17. The van der Waals surface area contributed by atoms with Gasteiger partial charge in [0.25, 0.3) is 11.8 Å². The van der Waals surface area contributed by atoms with Gasteiger partial charge in [0.05, 0.1) is 25.6 Å². The molecule has 2 amide bonds. The highest BCUT2D eigenvalue weighted by atomic mass is 32.2. The maximum absolute atomic E-state index is 13.2. The van der Waals surface area contributed by atoms with E-state index in [4.69, 9.17) is 14.5 Å². The van der Waals surface area contributed by atoms with Crippen LogP contribution in [0.1, 0.15) is 86.5 Å². The highest BCUT2D eigenvalue weighted by Gasteiger charge is 2.28. The summed E-state index contributed by atoms with van der Waals surface area (Å²) >= 11 is 3.45. The van der Waals surface area contributed by atoms with Gasteiger partial charge in [-0.2, -0.15) is 0 Å². The monoisotopic (exact) mass is 858 g/mol. The number of aromatic amines is 1. The number of hydrogen-bond acceptors (Lipinski definition) is 9. The standard InChI is InChI=1S/C49H54N4O6S2/c1-28-9-13-34(14-10-28)60-23-21-38-32(5)42(52-48(38)56)25-40-30(3)36(17-19-46(54)58-7)44(50-40)27-45-37(18-20-47(55)59-8)31(4)41(51-45)26-43-33(6)39(49(57)53-43)22-24-61-35-15-11-29(2)12-16-35/h9-16,25-27,50H,17-24H2,1-8H3,(H,52,56)(H,53,57)/b42-25-,43-26-,45-27-. The summed E-state index contributed by atoms with van der Waals surface area (Å²) in [5.41, 5.74) is 13.6. The number of nitrogens with one attached hydrogen (secondary N) is 3. The molecule has 0 atom stereocenters. The zero-order valence-electron chi connectivity index (χ0n) is 36.2. The minimum absolute atomic E-state index is 0.0969. The van der Waals surface area contributed by atoms with E-state index < -0.39 is 0 Å². The number of H-pyrrole nitrogens is 1. The third-order valence-corrected chi connectivity index (χ3v) is 13.4. The lowest BCUT2D eigenvalue weighted by molar-refractivity contribution is -0.141. The molecule has 0 unspecified atom stereocenters. The van der Waals surface area contributed by atoms with E-state index in [0.717, 1.165) is 73.2 Å². The fraction of sp³-hybridized carbons (Fsp3) is 0.327. The molecule has 0 aliphatic carbocycles. The van der Waals surface area contributed by atoms with E-state index in [2.05, 4.69) is 78.0 Å². The van der Waals surface area contributed by atoms with Crippen molar-refractivity contribution in [1.29, 1.82) is 0 Å². The molecule has 3 aliphatic rings. The second-order valence-corrected chi connectivity index (χ2v) is 17.7. The maximum atomic E-state index is 13.2. The van der Waals surface area contributed by atoms with Gasteiger partial charge in [-0.05, 0) is 143 Å². The van der Waals surface area contributed by atoms with E-state index in [-0.39, 0.29) is 36.6 Å². The maximum Gasteiger partial charge on any atom is 0.305 e. The summed E-state index contributed by atoms with van der Waals surface area (Å²) in [6, 6.07) is 16.8. The Hall–Kier alpha value is -5.59. The van der Waals surface area contributed by atoms with Crippen LogP contribution < -0.4 is 10.6 Å². The summed E-state index contributed by atoms with van der Waals surface area (Å²) in [7, 11) is 2.75. The van der Waals surface area contributed by atoms with Crippen molar-refractivity contribution in [3.63, 3.8) is 0 Å². The summed E-state index contributed by atoms with van der Waals surface area (Å²) in [5, 5.41) is 6.14. The number of carbonyl (C=O) groups is 4. The van der Waals surface area contributed by atoms with Gasteiger partial charge in [-0.3, -0.25) is 19.2 Å². The van der Waals surface area contributed by atoms with E-state index in [1.165, 1.54) is 35.1 Å². The minimum Gasteiger partial charge on any atom is -0.469 e. The number of thioether (sulfide) groups is 2. The van der Waals surface area contributed by atoms with E-state index in [1.807, 2.05) is 45.9 Å². The largest absolute Gasteiger partial charge is 0.469 e. The molecule has 6 rings (SSSR count). The number of allylic oxidation sites excluding steroid dienone is 5. The van der Waals surface area contributed by atoms with Gasteiger partial charge in [0.2, 0.25) is 0 Å². The van der Waals surface area contributed by atoms with Gasteiger partial charge >= 0.3 is 11.9 Å². The molecule has 0 spiro atoms. The first-order chi connectivity index (χ1) is 29.3. The fourth-order valence-corrected chi connectivity index (χ4v) is 9.24. The first-order valence-corrected chi connectivity index (χ1v) is 22.4. The van der Waals surface area contributed by atoms with E-state index in [1.54, 1.807) is 23.5 Å². The second kappa shape index (κ2) is 20.3. The second-order valence-electron chi connectivity index (χ2n) is 15.4. The Morgan fingerprint density at radius 2 is 1.10 bits per heavy atom. The number of nitrogens with zero attached hydrogens (tertiary/aromatic N) is 1. The smallest absolute Gasteiger partial charge is 0.305 e. The van der Waals surface area contributed by atoms with Crippen LogP contribution in [0.2, 0.25) is 0 Å². The summed E-state index contributed by atoms with van der Waals surface area (Å²) in [4.78, 5) is 62.2. The number of esters is 2. The molecule has 3 aromatic rings. The minimum atomic E-state index is -0.333. The van der Waals surface area contributed by atoms with Gasteiger partial charge in [0.15, 0.2) is 0 Å². The van der Waals surface area contributed by atoms with Gasteiger partial charge in [-0.25, -0.2) is 4.99 Å². The Balaban J connectivity index is 1.31. The van der Waals surface area contributed by atoms with Gasteiger partial charge < -0.3 is 25.1 Å². The predicted molar refractivity (Wildman–Crippen MR) is 246 cm³/mol. The first kappa shape index (κ1) is 44.9. The van der Waals surface area contributed by atoms with Crippen LogP contribution in [0, 0.1) is 20.8 Å². The number of rotatable bonds is 17. The molecule has 0 saturated heterocycles. The van der Waals surface area contributed by atoms with Crippen molar-refractivity contribution in [3.8, 4) is 0 Å². The van der Waals surface area contributed by atoms with Crippen molar-refractivity contribution < 1.29 is 28.7 Å². The van der Waals surface area contributed by atoms with Crippen LogP contribution >= 0.6 is 23.5 Å². The first-order valence-electron chi connectivity index (χ1n) is 20.5. The highest BCUT2D eigenvalue weighted by molar-refractivity contribution is 7.99. The number of aromatic nitrogens is 1. The van der Waals surface area contributed by atoms with Crippen LogP contribution in [0.3, 0.4) is 0 Å². The van der Waals surface area contributed by atoms with E-state index in [9.17, 15) is 19.2 Å². The zero-order valence-corrected chi connectivity index (χ0v) is 37.9. The van der Waals surface area contributed by atoms with E-state index >= 15 is 0 Å². The summed E-state index contributed by atoms with van der Waals surface area (Å²) < 4.78 is 10.00. The molecular weight excluding hydrogens is 805 g/mol. The molecule has 4 heterocycles. The number of benzene rings is 2. The molecule has 0 saturated carbocycles. The van der Waals surface area contributed by atoms with Gasteiger partial charge in [0.1, 0.15) is 0 Å². The summed E-state index contributed by atoms with van der Waals surface area (Å²) in [6.45, 7) is 12.0. The quantitative estimate of drug-likeness (QED) is 0.0902. The molecule has 1 aromatic heterocycles. The number of methoxy groups -OCH3 is 2. The Morgan fingerprint density at radius 3 is 1.61 bits per heavy atom. The molecule has 0 fully saturated rings. The number of amides is 2. The van der Waals surface area contributed by atoms with Crippen molar-refractivity contribution in [2.45, 2.75) is 89.9 Å². The lowest BCUT2D eigenvalue weighted by Gasteiger charge is -2.07. The molecular formula is C49H54N4O6S2. The number of aryl methyl sites for hydroxylation is 2. The lowest BCUT2D eigenvalue weighted by atomic mass is 9.98. The highest BCUT2D eigenvalue weighted by Crippen LogP contribution is 2.36. The molecule has 318 valence electrons. The van der Waals surface area contributed by atoms with Gasteiger partial charge in [-0.15, -0.1) is 23.5 Å². The van der Waals surface area contributed by atoms with Crippen LogP contribution in [0.4, 0.5) is 0 Å². The Kier molecular flexibility index (Phi) is 15.0. The third kappa shape index (κ3) is 11.0. The molecule has 10 nitrogen and oxygen atoms in total. The van der Waals surface area contributed by atoms with Crippen molar-refractivity contribution in [2.75, 3.05) is 25.7 Å². The van der Waals surface area contributed by atoms with Crippen molar-refractivity contribution in [1.82, 2.24) is 15.6 Å². The fourth-order valence-electron chi connectivity index (χ4n) is 7.50. The third-order valence-electron chi connectivity index (χ3n) is 11.3. The predicted octanol–water partition coefficient (Wildman–Crippen LogP) is 9.59. The topological polar surface area (TPSA) is 139 Å². The van der Waals surface area contributed by atoms with Crippen molar-refractivity contribution >= 4 is 65.1 Å². The van der Waals surface area contributed by atoms with Gasteiger partial charge in [-0.1, -0.05) is 35.4 Å². The number of hydrogen-bond donors (Lipinski definition) is 3. The molecule has 3 aliphatic heterocycles. The SMILES string of the molecule is COC(=O)CCC1=C(C)C(/C=C2\NC(=O)C(CCSc3ccc(C)cc3)=C2C)=NC/1=C\c1[nH]c(/C=C2\NC(=O)C(CCSc3ccc(C)cc3)=C2C)c(C)c1CCC(=O)OC. The molecule has 2 aromatic carbocycles. The van der Waals surface area contributed by atoms with Crippen molar-refractivity contribution in [3.05, 3.63) is 139 Å². The van der Waals surface area contributed by atoms with Crippen LogP contribution in [0.25, 0.3) is 12.2 Å². The Morgan fingerprint density at radius 1 is 0.607 bits per heavy atom. The van der Waals surface area contributed by atoms with E-state index in [0.29, 0.717) is 42.8 Å². The molecule has 12 heteroatoms. The molecule has 3 N–H and O–H groups in total. The van der Waals surface area contributed by atoms with Crippen molar-refractivity contribution in [2.24, 2.45) is 4.99 Å². The van der Waals surface area contributed by atoms with Crippen LogP contribution in [0.15, 0.2) is 120 Å². The normalized spacial score (nSPS) is 17.3. The number of aliphatic imine (C=N–C) groups is 1. The van der Waals surface area contributed by atoms with Crippen LogP contribution in [-0.4, -0.2) is 60.2 Å². The zero-order chi connectivity index (χ0) is 43.8. The Bertz CT molecular complexity index is 2460. The van der Waals surface area contributed by atoms with Crippen LogP contribution in [0.5, 0.6) is 0 Å². The van der Waals surface area contributed by atoms with Gasteiger partial charge in [0, 0.05) is 68.1 Å². The molecule has 0 radical (unpaired) electrons.